The van der Waals surface area contributed by atoms with Crippen LogP contribution in [0.3, 0.4) is 0 Å². The van der Waals surface area contributed by atoms with Gasteiger partial charge in [-0.1, -0.05) is 51.2 Å². The maximum atomic E-state index is 6.16. The molecule has 0 amide bonds. The topological polar surface area (TPSA) is 41.6 Å². The summed E-state index contributed by atoms with van der Waals surface area (Å²) in [6.45, 7) is 5.31. The maximum Gasteiger partial charge on any atom is 0.196 e. The smallest absolute Gasteiger partial charge is 0.196 e. The molecule has 21 heavy (non-hydrogen) atoms. The molecule has 0 bridgehead atoms. The van der Waals surface area contributed by atoms with E-state index >= 15 is 0 Å². The van der Waals surface area contributed by atoms with Crippen LogP contribution in [-0.4, -0.2) is 18.0 Å². The van der Waals surface area contributed by atoms with E-state index in [9.17, 15) is 0 Å². The number of benzene rings is 1. The molecule has 1 heterocycles. The first-order valence-electron chi connectivity index (χ1n) is 7.93. The van der Waals surface area contributed by atoms with Gasteiger partial charge in [-0.15, -0.1) is 0 Å². The van der Waals surface area contributed by atoms with E-state index in [1.807, 2.05) is 12.1 Å². The molecular formula is C17H26BrN3. The summed E-state index contributed by atoms with van der Waals surface area (Å²) in [6, 6.07) is 8.24. The normalized spacial score (nSPS) is 21.7. The van der Waals surface area contributed by atoms with Gasteiger partial charge in [0.25, 0.3) is 0 Å². The van der Waals surface area contributed by atoms with Crippen LogP contribution in [0.2, 0.25) is 0 Å². The van der Waals surface area contributed by atoms with Crippen molar-refractivity contribution < 1.29 is 0 Å². The summed E-state index contributed by atoms with van der Waals surface area (Å²) in [4.78, 5) is 6.71. The summed E-state index contributed by atoms with van der Waals surface area (Å²) in [5, 5.41) is 0. The molecule has 0 aliphatic carbocycles. The van der Waals surface area contributed by atoms with Gasteiger partial charge in [0, 0.05) is 4.47 Å². The van der Waals surface area contributed by atoms with Crippen LogP contribution in [0.4, 0.5) is 5.69 Å². The van der Waals surface area contributed by atoms with Crippen LogP contribution in [-0.2, 0) is 0 Å². The zero-order valence-electron chi connectivity index (χ0n) is 13.1. The number of aliphatic imine (C=N–C) groups is 1. The Balaban J connectivity index is 2.07. The van der Waals surface area contributed by atoms with Gasteiger partial charge in [-0.05, 0) is 41.4 Å². The molecule has 1 unspecified atom stereocenters. The SMILES string of the molecule is CCCCCCCC1(C)CN=C(N)N1c1ccccc1Br. The monoisotopic (exact) mass is 351 g/mol. The van der Waals surface area contributed by atoms with Crippen molar-refractivity contribution in [1.82, 2.24) is 0 Å². The average Bonchev–Trinajstić information content (AvgIpc) is 2.76. The van der Waals surface area contributed by atoms with Crippen molar-refractivity contribution in [3.63, 3.8) is 0 Å². The van der Waals surface area contributed by atoms with E-state index < -0.39 is 0 Å². The highest BCUT2D eigenvalue weighted by Gasteiger charge is 2.39. The molecule has 0 fully saturated rings. The molecule has 3 nitrogen and oxygen atoms in total. The van der Waals surface area contributed by atoms with Crippen molar-refractivity contribution >= 4 is 27.6 Å². The first-order chi connectivity index (χ1) is 10.1. The fourth-order valence-electron chi connectivity index (χ4n) is 3.02. The summed E-state index contributed by atoms with van der Waals surface area (Å²) < 4.78 is 1.07. The molecule has 2 N–H and O–H groups in total. The Morgan fingerprint density at radius 2 is 1.95 bits per heavy atom. The molecule has 0 saturated heterocycles. The lowest BCUT2D eigenvalue weighted by Crippen LogP contribution is -2.50. The van der Waals surface area contributed by atoms with E-state index in [0.29, 0.717) is 5.96 Å². The number of unbranched alkanes of at least 4 members (excludes halogenated alkanes) is 4. The number of halogens is 1. The second kappa shape index (κ2) is 7.30. The van der Waals surface area contributed by atoms with Crippen LogP contribution < -0.4 is 10.6 Å². The third-order valence-electron chi connectivity index (χ3n) is 4.26. The minimum Gasteiger partial charge on any atom is -0.369 e. The molecule has 1 aromatic rings. The number of hydrogen-bond donors (Lipinski definition) is 1. The van der Waals surface area contributed by atoms with Crippen LogP contribution in [0.25, 0.3) is 0 Å². The van der Waals surface area contributed by atoms with E-state index in [-0.39, 0.29) is 5.54 Å². The van der Waals surface area contributed by atoms with Crippen molar-refractivity contribution in [2.24, 2.45) is 10.7 Å². The summed E-state index contributed by atoms with van der Waals surface area (Å²) >= 11 is 3.64. The number of guanidine groups is 1. The Hall–Kier alpha value is -1.03. The van der Waals surface area contributed by atoms with E-state index in [0.717, 1.165) is 23.1 Å². The first-order valence-corrected chi connectivity index (χ1v) is 8.72. The Morgan fingerprint density at radius 1 is 1.24 bits per heavy atom. The lowest BCUT2D eigenvalue weighted by atomic mass is 9.92. The van der Waals surface area contributed by atoms with Crippen molar-refractivity contribution in [3.05, 3.63) is 28.7 Å². The number of para-hydroxylation sites is 1. The number of nitrogens with two attached hydrogens (primary N) is 1. The molecule has 1 aromatic carbocycles. The molecule has 1 aliphatic heterocycles. The number of nitrogens with zero attached hydrogens (tertiary/aromatic N) is 2. The molecule has 2 rings (SSSR count). The van der Waals surface area contributed by atoms with Gasteiger partial charge in [-0.2, -0.15) is 0 Å². The largest absolute Gasteiger partial charge is 0.369 e. The van der Waals surface area contributed by atoms with E-state index in [4.69, 9.17) is 5.73 Å². The number of anilines is 1. The summed E-state index contributed by atoms with van der Waals surface area (Å²) in [5.41, 5.74) is 7.28. The minimum absolute atomic E-state index is 0.000170. The summed E-state index contributed by atoms with van der Waals surface area (Å²) in [6.07, 6.45) is 7.62. The van der Waals surface area contributed by atoms with Crippen LogP contribution in [0.15, 0.2) is 33.7 Å². The molecule has 1 aliphatic rings. The van der Waals surface area contributed by atoms with Gasteiger partial charge in [0.15, 0.2) is 5.96 Å². The molecule has 0 aromatic heterocycles. The Labute approximate surface area is 136 Å². The fourth-order valence-corrected chi connectivity index (χ4v) is 3.48. The van der Waals surface area contributed by atoms with E-state index in [1.54, 1.807) is 0 Å². The molecule has 0 spiro atoms. The molecule has 116 valence electrons. The molecule has 0 saturated carbocycles. The standard InChI is InChI=1S/C17H26BrN3/c1-3-4-5-6-9-12-17(2)13-20-16(19)21(17)15-11-8-7-10-14(15)18/h7-8,10-11H,3-6,9,12-13H2,1-2H3,(H2,19,20). The lowest BCUT2D eigenvalue weighted by Gasteiger charge is -2.37. The Morgan fingerprint density at radius 3 is 2.67 bits per heavy atom. The fraction of sp³-hybridized carbons (Fsp3) is 0.588. The van der Waals surface area contributed by atoms with Gasteiger partial charge in [0.05, 0.1) is 17.8 Å². The molecular weight excluding hydrogens is 326 g/mol. The van der Waals surface area contributed by atoms with Gasteiger partial charge in [0.2, 0.25) is 0 Å². The minimum atomic E-state index is 0.000170. The maximum absolute atomic E-state index is 6.16. The second-order valence-corrected chi connectivity index (χ2v) is 6.98. The van der Waals surface area contributed by atoms with Crippen molar-refractivity contribution in [2.75, 3.05) is 11.4 Å². The van der Waals surface area contributed by atoms with Gasteiger partial charge in [-0.3, -0.25) is 4.99 Å². The zero-order chi connectivity index (χ0) is 15.3. The predicted octanol–water partition coefficient (Wildman–Crippen LogP) is 4.70. The van der Waals surface area contributed by atoms with E-state index in [1.165, 1.54) is 32.1 Å². The molecule has 0 radical (unpaired) electrons. The van der Waals surface area contributed by atoms with Gasteiger partial charge >= 0.3 is 0 Å². The third kappa shape index (κ3) is 3.79. The van der Waals surface area contributed by atoms with Gasteiger partial charge in [0.1, 0.15) is 0 Å². The zero-order valence-corrected chi connectivity index (χ0v) is 14.7. The Bertz CT molecular complexity index is 501. The summed E-state index contributed by atoms with van der Waals surface area (Å²) in [7, 11) is 0. The highest BCUT2D eigenvalue weighted by atomic mass is 79.9. The average molecular weight is 352 g/mol. The van der Waals surface area contributed by atoms with Crippen LogP contribution in [0.1, 0.15) is 52.4 Å². The highest BCUT2D eigenvalue weighted by molar-refractivity contribution is 9.10. The second-order valence-electron chi connectivity index (χ2n) is 6.12. The first kappa shape index (κ1) is 16.3. The van der Waals surface area contributed by atoms with Crippen LogP contribution in [0.5, 0.6) is 0 Å². The van der Waals surface area contributed by atoms with Crippen molar-refractivity contribution in [1.29, 1.82) is 0 Å². The van der Waals surface area contributed by atoms with Crippen molar-refractivity contribution in [2.45, 2.75) is 57.9 Å². The predicted molar refractivity (Wildman–Crippen MR) is 94.9 cm³/mol. The Kier molecular flexibility index (Phi) is 5.68. The van der Waals surface area contributed by atoms with Gasteiger partial charge < -0.3 is 10.6 Å². The van der Waals surface area contributed by atoms with Crippen molar-refractivity contribution in [3.8, 4) is 0 Å². The van der Waals surface area contributed by atoms with Crippen LogP contribution in [0, 0.1) is 0 Å². The van der Waals surface area contributed by atoms with E-state index in [2.05, 4.69) is 51.8 Å². The molecule has 1 atom stereocenters. The van der Waals surface area contributed by atoms with Crippen LogP contribution >= 0.6 is 15.9 Å². The highest BCUT2D eigenvalue weighted by Crippen LogP contribution is 2.36. The third-order valence-corrected chi connectivity index (χ3v) is 4.93. The van der Waals surface area contributed by atoms with Gasteiger partial charge in [-0.25, -0.2) is 0 Å². The lowest BCUT2D eigenvalue weighted by molar-refractivity contribution is 0.432. The summed E-state index contributed by atoms with van der Waals surface area (Å²) in [5.74, 6) is 0.637. The number of hydrogen-bond acceptors (Lipinski definition) is 3. The molecule has 4 heteroatoms. The number of rotatable bonds is 7. The quantitative estimate of drug-likeness (QED) is 0.723.